The zero-order valence-electron chi connectivity index (χ0n) is 14.2. The molecule has 2 heterocycles. The van der Waals surface area contributed by atoms with E-state index in [1.54, 1.807) is 6.08 Å². The van der Waals surface area contributed by atoms with Crippen molar-refractivity contribution in [1.82, 2.24) is 14.7 Å². The number of carbonyl (C=O) groups excluding carboxylic acids is 1. The van der Waals surface area contributed by atoms with E-state index in [4.69, 9.17) is 11.6 Å². The molecule has 6 heteroatoms. The molecule has 0 aliphatic heterocycles. The molecular weight excluding hydrogens is 378 g/mol. The zero-order chi connectivity index (χ0) is 18.6. The lowest BCUT2D eigenvalue weighted by Crippen LogP contribution is -2.27. The molecule has 0 radical (unpaired) electrons. The van der Waals surface area contributed by atoms with Crippen LogP contribution in [0.2, 0.25) is 5.15 Å². The number of thiazole rings is 1. The van der Waals surface area contributed by atoms with Crippen LogP contribution in [0.3, 0.4) is 0 Å². The Labute approximate surface area is 165 Å². The largest absolute Gasteiger partial charge is 0.342 e. The van der Waals surface area contributed by atoms with E-state index in [1.165, 1.54) is 17.4 Å². The molecule has 4 nitrogen and oxygen atoms in total. The van der Waals surface area contributed by atoms with Crippen LogP contribution in [0, 0.1) is 0 Å². The molecular formula is C21H16ClN3OS. The summed E-state index contributed by atoms with van der Waals surface area (Å²) in [6.07, 6.45) is 5.07. The van der Waals surface area contributed by atoms with Crippen molar-refractivity contribution in [3.63, 3.8) is 0 Å². The number of nitrogens with zero attached hydrogens (tertiary/aromatic N) is 2. The number of aromatic nitrogens is 2. The lowest BCUT2D eigenvalue weighted by atomic mass is 9.99. The van der Waals surface area contributed by atoms with Gasteiger partial charge in [0.1, 0.15) is 0 Å². The monoisotopic (exact) mass is 393 g/mol. The molecule has 1 N–H and O–H groups in total. The van der Waals surface area contributed by atoms with E-state index in [0.29, 0.717) is 10.8 Å². The van der Waals surface area contributed by atoms with Crippen LogP contribution in [0.4, 0.5) is 0 Å². The van der Waals surface area contributed by atoms with Crippen molar-refractivity contribution in [3.05, 3.63) is 100 Å². The van der Waals surface area contributed by atoms with Crippen LogP contribution in [0.15, 0.2) is 78.3 Å². The van der Waals surface area contributed by atoms with E-state index in [9.17, 15) is 4.79 Å². The van der Waals surface area contributed by atoms with Gasteiger partial charge in [0.15, 0.2) is 10.1 Å². The number of imidazole rings is 1. The topological polar surface area (TPSA) is 46.4 Å². The van der Waals surface area contributed by atoms with E-state index in [2.05, 4.69) is 10.3 Å². The number of halogens is 1. The van der Waals surface area contributed by atoms with Gasteiger partial charge in [-0.2, -0.15) is 0 Å². The Hall–Kier alpha value is -2.89. The lowest BCUT2D eigenvalue weighted by Gasteiger charge is -2.19. The summed E-state index contributed by atoms with van der Waals surface area (Å²) in [7, 11) is 0. The minimum atomic E-state index is -0.230. The standard InChI is InChI=1S/C21H16ClN3OS/c22-20-17(25-13-14-27-21(25)24-20)11-12-18(26)23-19(15-7-3-1-4-8-15)16-9-5-2-6-10-16/h1-14,19H,(H,23,26). The molecule has 27 heavy (non-hydrogen) atoms. The van der Waals surface area contributed by atoms with Gasteiger partial charge < -0.3 is 5.32 Å². The number of benzene rings is 2. The van der Waals surface area contributed by atoms with Crippen molar-refractivity contribution in [2.24, 2.45) is 0 Å². The quantitative estimate of drug-likeness (QED) is 0.486. The summed E-state index contributed by atoms with van der Waals surface area (Å²) in [6, 6.07) is 19.6. The summed E-state index contributed by atoms with van der Waals surface area (Å²) in [5, 5.41) is 5.39. The van der Waals surface area contributed by atoms with E-state index >= 15 is 0 Å². The molecule has 0 saturated heterocycles. The molecule has 0 bridgehead atoms. The molecule has 4 rings (SSSR count). The van der Waals surface area contributed by atoms with Crippen LogP contribution in [-0.2, 0) is 4.79 Å². The number of fused-ring (bicyclic) bond motifs is 1. The molecule has 1 amide bonds. The fourth-order valence-electron chi connectivity index (χ4n) is 2.92. The van der Waals surface area contributed by atoms with Crippen LogP contribution >= 0.6 is 22.9 Å². The first-order valence-corrected chi connectivity index (χ1v) is 9.67. The van der Waals surface area contributed by atoms with Crippen molar-refractivity contribution >= 4 is 39.9 Å². The Bertz CT molecular complexity index is 1050. The second-order valence-corrected chi connectivity index (χ2v) is 7.17. The van der Waals surface area contributed by atoms with Crippen LogP contribution in [0.1, 0.15) is 22.9 Å². The fraction of sp³-hybridized carbons (Fsp3) is 0.0476. The van der Waals surface area contributed by atoms with Crippen LogP contribution in [0.25, 0.3) is 11.0 Å². The van der Waals surface area contributed by atoms with Crippen molar-refractivity contribution in [3.8, 4) is 0 Å². The van der Waals surface area contributed by atoms with Crippen LogP contribution in [-0.4, -0.2) is 15.3 Å². The smallest absolute Gasteiger partial charge is 0.244 e. The van der Waals surface area contributed by atoms with Gasteiger partial charge in [-0.05, 0) is 17.2 Å². The van der Waals surface area contributed by atoms with Gasteiger partial charge in [0.2, 0.25) is 5.91 Å². The first-order chi connectivity index (χ1) is 13.2. The number of rotatable bonds is 5. The van der Waals surface area contributed by atoms with Gasteiger partial charge in [-0.15, -0.1) is 11.3 Å². The maximum absolute atomic E-state index is 12.6. The Morgan fingerprint density at radius 3 is 2.33 bits per heavy atom. The number of hydrogen-bond donors (Lipinski definition) is 1. The molecule has 0 unspecified atom stereocenters. The second kappa shape index (κ2) is 7.78. The SMILES string of the molecule is O=C(C=Cc1c(Cl)nc2sccn12)NC(c1ccccc1)c1ccccc1. The molecule has 0 atom stereocenters. The van der Waals surface area contributed by atoms with Gasteiger partial charge in [-0.1, -0.05) is 72.3 Å². The minimum absolute atomic E-state index is 0.200. The van der Waals surface area contributed by atoms with Gasteiger partial charge in [-0.3, -0.25) is 9.20 Å². The van der Waals surface area contributed by atoms with E-state index in [0.717, 1.165) is 16.1 Å². The van der Waals surface area contributed by atoms with E-state index in [-0.39, 0.29) is 11.9 Å². The number of amides is 1. The summed E-state index contributed by atoms with van der Waals surface area (Å²) in [4.78, 5) is 17.7. The second-order valence-electron chi connectivity index (χ2n) is 5.94. The molecule has 4 aromatic rings. The first-order valence-electron chi connectivity index (χ1n) is 8.42. The van der Waals surface area contributed by atoms with Crippen LogP contribution < -0.4 is 5.32 Å². The Morgan fingerprint density at radius 1 is 1.07 bits per heavy atom. The third kappa shape index (κ3) is 3.79. The predicted molar refractivity (Wildman–Crippen MR) is 110 cm³/mol. The third-order valence-electron chi connectivity index (χ3n) is 4.20. The van der Waals surface area contributed by atoms with Gasteiger partial charge in [-0.25, -0.2) is 4.98 Å². The maximum atomic E-state index is 12.6. The predicted octanol–water partition coefficient (Wildman–Crippen LogP) is 4.97. The highest BCUT2D eigenvalue weighted by Gasteiger charge is 2.15. The molecule has 0 saturated carbocycles. The average Bonchev–Trinajstić information content (AvgIpc) is 3.26. The molecule has 2 aromatic carbocycles. The van der Waals surface area contributed by atoms with Gasteiger partial charge >= 0.3 is 0 Å². The minimum Gasteiger partial charge on any atom is -0.342 e. The normalized spacial score (nSPS) is 11.5. The molecule has 0 fully saturated rings. The molecule has 0 spiro atoms. The van der Waals surface area contributed by atoms with Gasteiger partial charge in [0.05, 0.1) is 11.7 Å². The fourth-order valence-corrected chi connectivity index (χ4v) is 3.93. The Kier molecular flexibility index (Phi) is 5.05. The van der Waals surface area contributed by atoms with E-state index in [1.807, 2.05) is 76.6 Å². The van der Waals surface area contributed by atoms with Crippen molar-refractivity contribution in [2.45, 2.75) is 6.04 Å². The Morgan fingerprint density at radius 2 is 1.70 bits per heavy atom. The summed E-state index contributed by atoms with van der Waals surface area (Å²) in [5.41, 5.74) is 2.74. The number of nitrogens with one attached hydrogen (secondary N) is 1. The summed E-state index contributed by atoms with van der Waals surface area (Å²) >= 11 is 7.68. The summed E-state index contributed by atoms with van der Waals surface area (Å²) < 4.78 is 1.86. The molecule has 0 aliphatic rings. The third-order valence-corrected chi connectivity index (χ3v) is 5.23. The average molecular weight is 394 g/mol. The molecule has 2 aromatic heterocycles. The van der Waals surface area contributed by atoms with Gasteiger partial charge in [0.25, 0.3) is 0 Å². The number of carbonyl (C=O) groups is 1. The highest BCUT2D eigenvalue weighted by Crippen LogP contribution is 2.23. The molecule has 0 aliphatic carbocycles. The van der Waals surface area contributed by atoms with Crippen molar-refractivity contribution in [2.75, 3.05) is 0 Å². The van der Waals surface area contributed by atoms with Crippen molar-refractivity contribution in [1.29, 1.82) is 0 Å². The highest BCUT2D eigenvalue weighted by molar-refractivity contribution is 7.15. The Balaban J connectivity index is 1.59. The van der Waals surface area contributed by atoms with Gasteiger partial charge in [0, 0.05) is 17.7 Å². The number of hydrogen-bond acceptors (Lipinski definition) is 3. The maximum Gasteiger partial charge on any atom is 0.244 e. The first kappa shape index (κ1) is 17.5. The summed E-state index contributed by atoms with van der Waals surface area (Å²) in [6.45, 7) is 0. The molecule has 134 valence electrons. The van der Waals surface area contributed by atoms with E-state index < -0.39 is 0 Å². The van der Waals surface area contributed by atoms with Crippen molar-refractivity contribution < 1.29 is 4.79 Å². The lowest BCUT2D eigenvalue weighted by molar-refractivity contribution is -0.116. The highest BCUT2D eigenvalue weighted by atomic mass is 35.5. The summed E-state index contributed by atoms with van der Waals surface area (Å²) in [5.74, 6) is -0.200. The zero-order valence-corrected chi connectivity index (χ0v) is 15.8. The van der Waals surface area contributed by atoms with Crippen LogP contribution in [0.5, 0.6) is 0 Å².